The molecule has 1 fully saturated rings. The monoisotopic (exact) mass is 256 g/mol. The fraction of sp³-hybridized carbons (Fsp3) is 0.562. The fourth-order valence-electron chi connectivity index (χ4n) is 3.17. The number of likely N-dealkylation sites (tertiary alicyclic amines) is 1. The van der Waals surface area contributed by atoms with Crippen LogP contribution in [0.4, 0.5) is 0 Å². The first kappa shape index (κ1) is 12.5. The summed E-state index contributed by atoms with van der Waals surface area (Å²) in [6, 6.07) is 8.81. The van der Waals surface area contributed by atoms with Gasteiger partial charge in [0.25, 0.3) is 0 Å². The van der Waals surface area contributed by atoms with Crippen LogP contribution in [0.5, 0.6) is 5.75 Å². The van der Waals surface area contributed by atoms with E-state index in [1.165, 1.54) is 11.1 Å². The third-order valence-electron chi connectivity index (χ3n) is 4.11. The van der Waals surface area contributed by atoms with E-state index in [9.17, 15) is 0 Å². The smallest absolute Gasteiger partial charge is 0.123 e. The molecule has 0 bridgehead atoms. The Kier molecular flexibility index (Phi) is 3.44. The van der Waals surface area contributed by atoms with E-state index in [1.54, 1.807) is 0 Å². The van der Waals surface area contributed by atoms with Gasteiger partial charge < -0.3 is 4.74 Å². The molecule has 2 aliphatic rings. The van der Waals surface area contributed by atoms with Crippen LogP contribution in [-0.2, 0) is 6.42 Å². The summed E-state index contributed by atoms with van der Waals surface area (Å²) >= 11 is 0. The van der Waals surface area contributed by atoms with Crippen LogP contribution in [0.2, 0.25) is 0 Å². The summed E-state index contributed by atoms with van der Waals surface area (Å²) in [4.78, 5) is 2.39. The van der Waals surface area contributed by atoms with E-state index in [4.69, 9.17) is 10.00 Å². The van der Waals surface area contributed by atoms with Gasteiger partial charge in [0.2, 0.25) is 0 Å². The Morgan fingerprint density at radius 2 is 2.37 bits per heavy atom. The molecule has 1 aromatic rings. The summed E-state index contributed by atoms with van der Waals surface area (Å²) in [5.74, 6) is 1.25. The number of nitrogens with zero attached hydrogens (tertiary/aromatic N) is 2. The standard InChI is InChI=1S/C16H20N2O/c1-12-4-5-16-14(7-12)8-15(19-16)11-18-6-2-3-13(9-17)10-18/h4-5,7,13,15H,2-3,6,8,10-11H2,1H3. The quantitative estimate of drug-likeness (QED) is 0.816. The third kappa shape index (κ3) is 2.74. The molecule has 3 heteroatoms. The zero-order valence-electron chi connectivity index (χ0n) is 11.4. The molecule has 2 atom stereocenters. The summed E-state index contributed by atoms with van der Waals surface area (Å²) in [6.07, 6.45) is 3.45. The second-order valence-corrected chi connectivity index (χ2v) is 5.78. The topological polar surface area (TPSA) is 36.3 Å². The first-order valence-electron chi connectivity index (χ1n) is 7.13. The van der Waals surface area contributed by atoms with E-state index < -0.39 is 0 Å². The molecule has 3 nitrogen and oxygen atoms in total. The van der Waals surface area contributed by atoms with Gasteiger partial charge in [-0.2, -0.15) is 5.26 Å². The Bertz CT molecular complexity index is 506. The molecule has 0 saturated carbocycles. The minimum absolute atomic E-state index is 0.208. The number of aryl methyl sites for hydroxylation is 1. The predicted octanol–water partition coefficient (Wildman–Crippen LogP) is 2.53. The van der Waals surface area contributed by atoms with Crippen molar-refractivity contribution in [3.8, 4) is 11.8 Å². The van der Waals surface area contributed by atoms with Crippen molar-refractivity contribution in [2.45, 2.75) is 32.3 Å². The summed E-state index contributed by atoms with van der Waals surface area (Å²) in [7, 11) is 0. The second kappa shape index (κ2) is 5.22. The van der Waals surface area contributed by atoms with Crippen molar-refractivity contribution in [3.63, 3.8) is 0 Å². The lowest BCUT2D eigenvalue weighted by molar-refractivity contribution is 0.122. The number of piperidine rings is 1. The minimum Gasteiger partial charge on any atom is -0.488 e. The Balaban J connectivity index is 1.60. The molecule has 2 aliphatic heterocycles. The van der Waals surface area contributed by atoms with Gasteiger partial charge in [-0.1, -0.05) is 17.7 Å². The second-order valence-electron chi connectivity index (χ2n) is 5.78. The summed E-state index contributed by atoms with van der Waals surface area (Å²) in [5, 5.41) is 9.03. The Morgan fingerprint density at radius 3 is 3.21 bits per heavy atom. The number of rotatable bonds is 2. The Hall–Kier alpha value is -1.53. The molecule has 100 valence electrons. The van der Waals surface area contributed by atoms with Crippen LogP contribution < -0.4 is 4.74 Å². The summed E-state index contributed by atoms with van der Waals surface area (Å²) in [5.41, 5.74) is 2.63. The maximum atomic E-state index is 9.03. The maximum Gasteiger partial charge on any atom is 0.123 e. The van der Waals surface area contributed by atoms with Gasteiger partial charge in [-0.3, -0.25) is 4.90 Å². The predicted molar refractivity (Wildman–Crippen MR) is 74.1 cm³/mol. The molecule has 0 aromatic heterocycles. The highest BCUT2D eigenvalue weighted by atomic mass is 16.5. The molecule has 0 radical (unpaired) electrons. The Labute approximate surface area is 114 Å². The molecular formula is C16H20N2O. The van der Waals surface area contributed by atoms with E-state index >= 15 is 0 Å². The molecule has 2 heterocycles. The lowest BCUT2D eigenvalue weighted by Crippen LogP contribution is -2.41. The van der Waals surface area contributed by atoms with Gasteiger partial charge >= 0.3 is 0 Å². The number of nitriles is 1. The van der Waals surface area contributed by atoms with Crippen molar-refractivity contribution >= 4 is 0 Å². The molecule has 0 N–H and O–H groups in total. The molecule has 0 amide bonds. The van der Waals surface area contributed by atoms with Crippen molar-refractivity contribution in [1.82, 2.24) is 4.90 Å². The number of hydrogen-bond donors (Lipinski definition) is 0. The van der Waals surface area contributed by atoms with Crippen molar-refractivity contribution in [2.75, 3.05) is 19.6 Å². The van der Waals surface area contributed by atoms with Crippen LogP contribution in [-0.4, -0.2) is 30.6 Å². The highest BCUT2D eigenvalue weighted by molar-refractivity contribution is 5.40. The molecule has 0 spiro atoms. The normalized spacial score (nSPS) is 26.5. The van der Waals surface area contributed by atoms with Gasteiger partial charge in [0.1, 0.15) is 11.9 Å². The zero-order chi connectivity index (χ0) is 13.2. The lowest BCUT2D eigenvalue weighted by atomic mass is 9.99. The van der Waals surface area contributed by atoms with Gasteiger partial charge in [0.15, 0.2) is 0 Å². The first-order valence-corrected chi connectivity index (χ1v) is 7.13. The van der Waals surface area contributed by atoms with Gasteiger partial charge in [-0.05, 0) is 37.9 Å². The number of hydrogen-bond acceptors (Lipinski definition) is 3. The first-order chi connectivity index (χ1) is 9.24. The van der Waals surface area contributed by atoms with Crippen LogP contribution in [0.15, 0.2) is 18.2 Å². The van der Waals surface area contributed by atoms with Crippen molar-refractivity contribution in [3.05, 3.63) is 29.3 Å². The molecule has 0 aliphatic carbocycles. The van der Waals surface area contributed by atoms with Gasteiger partial charge in [-0.15, -0.1) is 0 Å². The third-order valence-corrected chi connectivity index (χ3v) is 4.11. The molecule has 19 heavy (non-hydrogen) atoms. The molecule has 2 unspecified atom stereocenters. The molecule has 1 saturated heterocycles. The number of benzene rings is 1. The van der Waals surface area contributed by atoms with E-state index in [0.29, 0.717) is 0 Å². The average molecular weight is 256 g/mol. The largest absolute Gasteiger partial charge is 0.488 e. The number of fused-ring (bicyclic) bond motifs is 1. The Morgan fingerprint density at radius 1 is 1.47 bits per heavy atom. The van der Waals surface area contributed by atoms with E-state index in [1.807, 2.05) is 0 Å². The fourth-order valence-corrected chi connectivity index (χ4v) is 3.17. The van der Waals surface area contributed by atoms with Crippen LogP contribution in [0, 0.1) is 24.2 Å². The summed E-state index contributed by atoms with van der Waals surface area (Å²) in [6.45, 7) is 5.08. The van der Waals surface area contributed by atoms with Crippen molar-refractivity contribution < 1.29 is 4.74 Å². The zero-order valence-corrected chi connectivity index (χ0v) is 11.4. The maximum absolute atomic E-state index is 9.03. The minimum atomic E-state index is 0.208. The highest BCUT2D eigenvalue weighted by Gasteiger charge is 2.27. The van der Waals surface area contributed by atoms with Crippen molar-refractivity contribution in [2.24, 2.45) is 5.92 Å². The highest BCUT2D eigenvalue weighted by Crippen LogP contribution is 2.30. The molecule has 3 rings (SSSR count). The van der Waals surface area contributed by atoms with Crippen molar-refractivity contribution in [1.29, 1.82) is 5.26 Å². The van der Waals surface area contributed by atoms with E-state index in [-0.39, 0.29) is 12.0 Å². The van der Waals surface area contributed by atoms with Crippen LogP contribution in [0.1, 0.15) is 24.0 Å². The lowest BCUT2D eigenvalue weighted by Gasteiger charge is -2.31. The van der Waals surface area contributed by atoms with Gasteiger partial charge in [0.05, 0.1) is 12.0 Å². The molecular weight excluding hydrogens is 236 g/mol. The van der Waals surface area contributed by atoms with Gasteiger partial charge in [0, 0.05) is 19.5 Å². The van der Waals surface area contributed by atoms with E-state index in [0.717, 1.165) is 44.6 Å². The summed E-state index contributed by atoms with van der Waals surface area (Å²) < 4.78 is 6.01. The van der Waals surface area contributed by atoms with Crippen LogP contribution >= 0.6 is 0 Å². The van der Waals surface area contributed by atoms with E-state index in [2.05, 4.69) is 36.1 Å². The van der Waals surface area contributed by atoms with Crippen LogP contribution in [0.25, 0.3) is 0 Å². The van der Waals surface area contributed by atoms with Crippen LogP contribution in [0.3, 0.4) is 0 Å². The average Bonchev–Trinajstić information content (AvgIpc) is 2.80. The van der Waals surface area contributed by atoms with Gasteiger partial charge in [-0.25, -0.2) is 0 Å². The number of ether oxygens (including phenoxy) is 1. The SMILES string of the molecule is Cc1ccc2c(c1)CC(CN1CCCC(C#N)C1)O2. The molecule has 1 aromatic carbocycles.